The van der Waals surface area contributed by atoms with Gasteiger partial charge in [-0.3, -0.25) is 14.5 Å². The zero-order valence-corrected chi connectivity index (χ0v) is 23.5. The number of carbonyl (C=O) groups excluding carboxylic acids is 3. The summed E-state index contributed by atoms with van der Waals surface area (Å²) in [7, 11) is 1.60. The predicted octanol–water partition coefficient (Wildman–Crippen LogP) is 4.81. The van der Waals surface area contributed by atoms with Crippen LogP contribution >= 0.6 is 24.0 Å². The van der Waals surface area contributed by atoms with Crippen LogP contribution in [-0.4, -0.2) is 71.8 Å². The molecule has 2 amide bonds. The molecule has 8 nitrogen and oxygen atoms in total. The summed E-state index contributed by atoms with van der Waals surface area (Å²) in [6, 6.07) is 14.0. The number of anilines is 1. The first-order valence-corrected chi connectivity index (χ1v) is 13.8. The van der Waals surface area contributed by atoms with Crippen LogP contribution in [0.3, 0.4) is 0 Å². The Morgan fingerprint density at radius 1 is 1.08 bits per heavy atom. The number of likely N-dealkylation sites (N-methyl/N-ethyl adjacent to an activating group) is 1. The zero-order chi connectivity index (χ0) is 27.5. The fourth-order valence-corrected chi connectivity index (χ4v) is 5.05. The molecular formula is C28H33N3O5S2. The molecule has 0 radical (unpaired) electrons. The molecule has 0 aliphatic carbocycles. The third kappa shape index (κ3) is 8.41. The Hall–Kier alpha value is -3.21. The highest BCUT2D eigenvalue weighted by Gasteiger charge is 2.31. The fourth-order valence-electron chi connectivity index (χ4n) is 3.75. The molecule has 2 aromatic carbocycles. The molecule has 0 bridgehead atoms. The Labute approximate surface area is 233 Å². The third-order valence-corrected chi connectivity index (χ3v) is 7.39. The van der Waals surface area contributed by atoms with Crippen molar-refractivity contribution in [3.05, 3.63) is 64.6 Å². The van der Waals surface area contributed by atoms with E-state index in [9.17, 15) is 14.4 Å². The molecule has 0 spiro atoms. The van der Waals surface area contributed by atoms with E-state index in [-0.39, 0.29) is 24.2 Å². The summed E-state index contributed by atoms with van der Waals surface area (Å²) in [5.74, 6) is 0.0157. The molecule has 1 aliphatic rings. The van der Waals surface area contributed by atoms with E-state index >= 15 is 0 Å². The van der Waals surface area contributed by atoms with Gasteiger partial charge in [-0.2, -0.15) is 0 Å². The maximum Gasteiger partial charge on any atom is 0.338 e. The Morgan fingerprint density at radius 2 is 1.76 bits per heavy atom. The van der Waals surface area contributed by atoms with Gasteiger partial charge in [-0.05, 0) is 67.5 Å². The van der Waals surface area contributed by atoms with Gasteiger partial charge < -0.3 is 19.7 Å². The van der Waals surface area contributed by atoms with Crippen LogP contribution in [0.5, 0.6) is 5.75 Å². The minimum absolute atomic E-state index is 0.157. The molecule has 1 saturated heterocycles. The van der Waals surface area contributed by atoms with Crippen LogP contribution in [0, 0.1) is 0 Å². The number of nitrogens with one attached hydrogen (secondary N) is 1. The van der Waals surface area contributed by atoms with Crippen LogP contribution in [0.1, 0.15) is 42.6 Å². The van der Waals surface area contributed by atoms with Crippen molar-refractivity contribution in [2.24, 2.45) is 0 Å². The van der Waals surface area contributed by atoms with Gasteiger partial charge in [-0.1, -0.05) is 50.0 Å². The summed E-state index contributed by atoms with van der Waals surface area (Å²) in [5, 5.41) is 2.82. The van der Waals surface area contributed by atoms with Crippen molar-refractivity contribution in [3.8, 4) is 5.75 Å². The maximum absolute atomic E-state index is 12.8. The van der Waals surface area contributed by atoms with Crippen molar-refractivity contribution >= 4 is 57.8 Å². The molecule has 1 aliphatic heterocycles. The molecule has 0 saturated carbocycles. The van der Waals surface area contributed by atoms with Crippen LogP contribution < -0.4 is 10.1 Å². The molecule has 1 heterocycles. The van der Waals surface area contributed by atoms with Gasteiger partial charge in [0.25, 0.3) is 5.91 Å². The lowest BCUT2D eigenvalue weighted by Crippen LogP contribution is -2.29. The zero-order valence-electron chi connectivity index (χ0n) is 21.9. The van der Waals surface area contributed by atoms with Gasteiger partial charge in [0.1, 0.15) is 16.7 Å². The SMILES string of the molecule is CCN(CC)CCOC(=O)c1ccc(NC(=O)CCCN2C(=O)C(=Cc3ccc(OC)cc3)SC2=S)cc1. The molecular weight excluding hydrogens is 522 g/mol. The number of hydrogen-bond acceptors (Lipinski definition) is 8. The number of nitrogens with zero attached hydrogens (tertiary/aromatic N) is 2. The van der Waals surface area contributed by atoms with Crippen LogP contribution in [0.15, 0.2) is 53.4 Å². The first-order valence-electron chi connectivity index (χ1n) is 12.5. The van der Waals surface area contributed by atoms with Gasteiger partial charge in [0, 0.05) is 25.2 Å². The van der Waals surface area contributed by atoms with Crippen LogP contribution in [0.2, 0.25) is 0 Å². The molecule has 38 heavy (non-hydrogen) atoms. The average molecular weight is 556 g/mol. The number of esters is 1. The lowest BCUT2D eigenvalue weighted by molar-refractivity contribution is -0.122. The van der Waals surface area contributed by atoms with E-state index in [2.05, 4.69) is 24.1 Å². The Morgan fingerprint density at radius 3 is 2.39 bits per heavy atom. The quantitative estimate of drug-likeness (QED) is 0.214. The number of carbonyl (C=O) groups is 3. The van der Waals surface area contributed by atoms with Gasteiger partial charge in [-0.15, -0.1) is 0 Å². The van der Waals surface area contributed by atoms with Gasteiger partial charge in [-0.25, -0.2) is 4.79 Å². The highest BCUT2D eigenvalue weighted by molar-refractivity contribution is 8.26. The molecule has 1 fully saturated rings. The molecule has 0 unspecified atom stereocenters. The number of rotatable bonds is 13. The first-order chi connectivity index (χ1) is 18.3. The minimum atomic E-state index is -0.389. The summed E-state index contributed by atoms with van der Waals surface area (Å²) in [6.07, 6.45) is 2.49. The van der Waals surface area contributed by atoms with Gasteiger partial charge in [0.15, 0.2) is 0 Å². The Balaban J connectivity index is 1.43. The number of ether oxygens (including phenoxy) is 2. The highest BCUT2D eigenvalue weighted by Crippen LogP contribution is 2.33. The van der Waals surface area contributed by atoms with Crippen molar-refractivity contribution in [2.45, 2.75) is 26.7 Å². The van der Waals surface area contributed by atoms with E-state index in [0.29, 0.717) is 46.6 Å². The smallest absolute Gasteiger partial charge is 0.338 e. The molecule has 3 rings (SSSR count). The van der Waals surface area contributed by atoms with Crippen molar-refractivity contribution in [1.29, 1.82) is 0 Å². The van der Waals surface area contributed by atoms with Crippen molar-refractivity contribution in [2.75, 3.05) is 45.2 Å². The van der Waals surface area contributed by atoms with Crippen LogP contribution in [-0.2, 0) is 14.3 Å². The van der Waals surface area contributed by atoms with E-state index in [1.54, 1.807) is 37.5 Å². The Kier molecular flexibility index (Phi) is 11.3. The normalized spacial score (nSPS) is 14.3. The largest absolute Gasteiger partial charge is 0.497 e. The number of benzene rings is 2. The molecule has 2 aromatic rings. The lowest BCUT2D eigenvalue weighted by atomic mass is 10.2. The summed E-state index contributed by atoms with van der Waals surface area (Å²) < 4.78 is 11.0. The summed E-state index contributed by atoms with van der Waals surface area (Å²) in [5.41, 5.74) is 1.90. The number of hydrogen-bond donors (Lipinski definition) is 1. The topological polar surface area (TPSA) is 88.2 Å². The predicted molar refractivity (Wildman–Crippen MR) is 155 cm³/mol. The number of thioether (sulfide) groups is 1. The van der Waals surface area contributed by atoms with E-state index in [4.69, 9.17) is 21.7 Å². The van der Waals surface area contributed by atoms with Crippen LogP contribution in [0.4, 0.5) is 5.69 Å². The van der Waals surface area contributed by atoms with Gasteiger partial charge in [0.2, 0.25) is 5.91 Å². The van der Waals surface area contributed by atoms with Crippen molar-refractivity contribution in [1.82, 2.24) is 9.80 Å². The third-order valence-electron chi connectivity index (χ3n) is 6.01. The molecule has 202 valence electrons. The van der Waals surface area contributed by atoms with E-state index in [1.165, 1.54) is 16.7 Å². The van der Waals surface area contributed by atoms with Gasteiger partial charge >= 0.3 is 5.97 Å². The second-order valence-electron chi connectivity index (χ2n) is 8.50. The monoisotopic (exact) mass is 555 g/mol. The second-order valence-corrected chi connectivity index (χ2v) is 10.2. The van der Waals surface area contributed by atoms with E-state index in [1.807, 2.05) is 24.3 Å². The average Bonchev–Trinajstić information content (AvgIpc) is 3.19. The lowest BCUT2D eigenvalue weighted by Gasteiger charge is -2.17. The minimum Gasteiger partial charge on any atom is -0.497 e. The summed E-state index contributed by atoms with van der Waals surface area (Å²) >= 11 is 6.64. The van der Waals surface area contributed by atoms with E-state index < -0.39 is 0 Å². The molecule has 1 N–H and O–H groups in total. The second kappa shape index (κ2) is 14.7. The first kappa shape index (κ1) is 29.3. The highest BCUT2D eigenvalue weighted by atomic mass is 32.2. The maximum atomic E-state index is 12.8. The molecule has 0 aromatic heterocycles. The fraction of sp³-hybridized carbons (Fsp3) is 0.357. The number of methoxy groups -OCH3 is 1. The number of thiocarbonyl (C=S) groups is 1. The van der Waals surface area contributed by atoms with E-state index in [0.717, 1.165) is 24.4 Å². The summed E-state index contributed by atoms with van der Waals surface area (Å²) in [6.45, 7) is 7.33. The molecule has 10 heteroatoms. The van der Waals surface area contributed by atoms with Crippen LogP contribution in [0.25, 0.3) is 6.08 Å². The summed E-state index contributed by atoms with van der Waals surface area (Å²) in [4.78, 5) is 41.7. The number of amides is 2. The molecule has 0 atom stereocenters. The Bertz CT molecular complexity index is 1160. The van der Waals surface area contributed by atoms with Crippen molar-refractivity contribution in [3.63, 3.8) is 0 Å². The van der Waals surface area contributed by atoms with Gasteiger partial charge in [0.05, 0.1) is 17.6 Å². The standard InChI is InChI=1S/C28H33N3O5S2/c1-4-30(5-2)17-18-36-27(34)21-10-12-22(13-11-21)29-25(32)7-6-16-31-26(33)24(38-28(31)37)19-20-8-14-23(35-3)15-9-20/h8-15,19H,4-7,16-18H2,1-3H3,(H,29,32). The van der Waals surface area contributed by atoms with Crippen molar-refractivity contribution < 1.29 is 23.9 Å².